The molecule has 0 heterocycles. The quantitative estimate of drug-likeness (QED) is 0.762. The topological polar surface area (TPSA) is 34.1 Å². The normalized spacial score (nSPS) is 9.61. The van der Waals surface area contributed by atoms with Crippen molar-refractivity contribution in [1.82, 2.24) is 0 Å². The van der Waals surface area contributed by atoms with Crippen molar-refractivity contribution in [2.24, 2.45) is 5.92 Å². The van der Waals surface area contributed by atoms with E-state index in [9.17, 15) is 9.59 Å². The molecule has 0 aliphatic carbocycles. The summed E-state index contributed by atoms with van der Waals surface area (Å²) in [5.41, 5.74) is 0.961. The van der Waals surface area contributed by atoms with Crippen LogP contribution in [0.25, 0.3) is 0 Å². The fourth-order valence-electron chi connectivity index (χ4n) is 1.37. The van der Waals surface area contributed by atoms with Crippen LogP contribution in [0, 0.1) is 5.92 Å². The average Bonchev–Trinajstić information content (AvgIpc) is 2.31. The zero-order valence-electron chi connectivity index (χ0n) is 10.7. The highest BCUT2D eigenvalue weighted by molar-refractivity contribution is 6.64. The monoisotopic (exact) mass is 288 g/mol. The minimum Gasteiger partial charge on any atom is -0.281 e. The number of benzene rings is 1. The van der Waals surface area contributed by atoms with Gasteiger partial charge >= 0.3 is 0 Å². The van der Waals surface area contributed by atoms with Crippen molar-refractivity contribution in [3.05, 3.63) is 35.9 Å². The van der Waals surface area contributed by atoms with Gasteiger partial charge in [0.25, 0.3) is 0 Å². The molecule has 0 atom stereocenters. The maximum Gasteiger partial charge on any atom is 0.226 e. The van der Waals surface area contributed by atoms with Crippen LogP contribution in [0.4, 0.5) is 0 Å². The predicted octanol–water partition coefficient (Wildman–Crippen LogP) is 4.18. The Morgan fingerprint density at radius 2 is 1.56 bits per heavy atom. The van der Waals surface area contributed by atoms with Crippen LogP contribution in [0.1, 0.15) is 32.3 Å². The third-order valence-corrected chi connectivity index (χ3v) is 2.93. The summed E-state index contributed by atoms with van der Waals surface area (Å²) in [5.74, 6) is 0.0802. The van der Waals surface area contributed by atoms with Crippen LogP contribution in [-0.2, 0) is 16.0 Å². The molecule has 0 amide bonds. The maximum absolute atomic E-state index is 10.4. The van der Waals surface area contributed by atoms with Gasteiger partial charge in [-0.3, -0.25) is 9.59 Å². The molecule has 0 bridgehead atoms. The lowest BCUT2D eigenvalue weighted by molar-refractivity contribution is -0.115. The summed E-state index contributed by atoms with van der Waals surface area (Å²) in [6.07, 6.45) is 2.04. The molecule has 0 aliphatic rings. The number of rotatable bonds is 5. The Bertz CT molecular complexity index is 359. The van der Waals surface area contributed by atoms with Crippen molar-refractivity contribution in [1.29, 1.82) is 0 Å². The Labute approximate surface area is 118 Å². The highest BCUT2D eigenvalue weighted by Gasteiger charge is 2.09. The minimum atomic E-state index is -0.314. The van der Waals surface area contributed by atoms with Gasteiger partial charge in [0.1, 0.15) is 0 Å². The second kappa shape index (κ2) is 10.1. The Morgan fingerprint density at radius 1 is 1.06 bits per heavy atom. The number of halogens is 2. The van der Waals surface area contributed by atoms with Gasteiger partial charge in [-0.2, -0.15) is 0 Å². The van der Waals surface area contributed by atoms with Gasteiger partial charge < -0.3 is 0 Å². The van der Waals surface area contributed by atoms with Crippen molar-refractivity contribution in [2.45, 2.75) is 33.1 Å². The first-order valence-corrected chi connectivity index (χ1v) is 6.68. The van der Waals surface area contributed by atoms with Crippen LogP contribution in [0.3, 0.4) is 0 Å². The average molecular weight is 289 g/mol. The number of carbonyl (C=O) groups excluding carboxylic acids is 2. The molecule has 0 N–H and O–H groups in total. The first-order chi connectivity index (χ1) is 8.51. The first-order valence-electron chi connectivity index (χ1n) is 5.92. The molecule has 1 aromatic carbocycles. The van der Waals surface area contributed by atoms with Crippen molar-refractivity contribution < 1.29 is 9.59 Å². The summed E-state index contributed by atoms with van der Waals surface area (Å²) in [7, 11) is 0. The summed E-state index contributed by atoms with van der Waals surface area (Å²) >= 11 is 10.4. The number of hydrogen-bond donors (Lipinski definition) is 0. The molecule has 1 rings (SSSR count). The Kier molecular flexibility index (Phi) is 9.62. The molecule has 4 heteroatoms. The third-order valence-electron chi connectivity index (χ3n) is 2.49. The van der Waals surface area contributed by atoms with E-state index >= 15 is 0 Å². The fraction of sp³-hybridized carbons (Fsp3) is 0.429. The van der Waals surface area contributed by atoms with E-state index in [0.29, 0.717) is 6.42 Å². The predicted molar refractivity (Wildman–Crippen MR) is 75.9 cm³/mol. The third kappa shape index (κ3) is 8.26. The molecular weight excluding hydrogens is 271 g/mol. The van der Waals surface area contributed by atoms with Crippen LogP contribution in [0.5, 0.6) is 0 Å². The van der Waals surface area contributed by atoms with Gasteiger partial charge in [0.2, 0.25) is 10.5 Å². The van der Waals surface area contributed by atoms with E-state index in [1.807, 2.05) is 44.2 Å². The van der Waals surface area contributed by atoms with E-state index in [-0.39, 0.29) is 16.4 Å². The van der Waals surface area contributed by atoms with E-state index in [1.165, 1.54) is 0 Å². The fourth-order valence-corrected chi connectivity index (χ4v) is 1.83. The largest absolute Gasteiger partial charge is 0.281 e. The van der Waals surface area contributed by atoms with Gasteiger partial charge in [-0.05, 0) is 41.6 Å². The summed E-state index contributed by atoms with van der Waals surface area (Å²) < 4.78 is 0. The van der Waals surface area contributed by atoms with Gasteiger partial charge in [0.15, 0.2) is 0 Å². The van der Waals surface area contributed by atoms with E-state index in [0.717, 1.165) is 18.4 Å². The van der Waals surface area contributed by atoms with Gasteiger partial charge in [-0.25, -0.2) is 0 Å². The highest BCUT2D eigenvalue weighted by Crippen LogP contribution is 2.10. The van der Waals surface area contributed by atoms with Crippen molar-refractivity contribution in [3.63, 3.8) is 0 Å². The second-order valence-electron chi connectivity index (χ2n) is 3.84. The maximum atomic E-state index is 10.4. The second-order valence-corrected chi connectivity index (χ2v) is 4.63. The lowest BCUT2D eigenvalue weighted by Crippen LogP contribution is -2.04. The lowest BCUT2D eigenvalue weighted by Gasteiger charge is -2.02. The number of hydrogen-bond acceptors (Lipinski definition) is 2. The SMILES string of the molecule is CCC(CC)C(=O)Cl.O=C(Cl)Cc1ccccc1. The van der Waals surface area contributed by atoms with Crippen LogP contribution in [-0.4, -0.2) is 10.5 Å². The van der Waals surface area contributed by atoms with Crippen LogP contribution >= 0.6 is 23.2 Å². The summed E-state index contributed by atoms with van der Waals surface area (Å²) in [6.45, 7) is 3.93. The summed E-state index contributed by atoms with van der Waals surface area (Å²) in [6, 6.07) is 9.42. The van der Waals surface area contributed by atoms with E-state index in [1.54, 1.807) is 0 Å². The molecule has 18 heavy (non-hydrogen) atoms. The Hall–Kier alpha value is -0.860. The van der Waals surface area contributed by atoms with Crippen LogP contribution < -0.4 is 0 Å². The van der Waals surface area contributed by atoms with Crippen molar-refractivity contribution in [3.8, 4) is 0 Å². The molecule has 0 saturated carbocycles. The molecule has 100 valence electrons. The van der Waals surface area contributed by atoms with Crippen LogP contribution in [0.15, 0.2) is 30.3 Å². The van der Waals surface area contributed by atoms with Crippen LogP contribution in [0.2, 0.25) is 0 Å². The van der Waals surface area contributed by atoms with E-state index in [4.69, 9.17) is 23.2 Å². The minimum absolute atomic E-state index is 0.0802. The molecule has 0 saturated heterocycles. The molecule has 2 nitrogen and oxygen atoms in total. The molecule has 0 aliphatic heterocycles. The Balaban J connectivity index is 0.000000331. The molecular formula is C14H18Cl2O2. The van der Waals surface area contributed by atoms with Gasteiger partial charge in [-0.1, -0.05) is 44.2 Å². The van der Waals surface area contributed by atoms with Gasteiger partial charge in [0, 0.05) is 12.3 Å². The molecule has 0 fully saturated rings. The first kappa shape index (κ1) is 17.1. The standard InChI is InChI=1S/C8H7ClO.C6H11ClO/c9-8(10)6-7-4-2-1-3-5-7;1-3-5(4-2)6(7)8/h1-5H,6H2;5H,3-4H2,1-2H3. The van der Waals surface area contributed by atoms with Crippen molar-refractivity contribution >= 4 is 33.7 Å². The van der Waals surface area contributed by atoms with Gasteiger partial charge in [-0.15, -0.1) is 0 Å². The summed E-state index contributed by atoms with van der Waals surface area (Å²) in [5, 5.41) is -0.513. The summed E-state index contributed by atoms with van der Waals surface area (Å²) in [4.78, 5) is 20.8. The Morgan fingerprint density at radius 3 is 1.83 bits per heavy atom. The van der Waals surface area contributed by atoms with E-state index in [2.05, 4.69) is 0 Å². The zero-order valence-corrected chi connectivity index (χ0v) is 12.2. The molecule has 0 aromatic heterocycles. The molecule has 0 spiro atoms. The highest BCUT2D eigenvalue weighted by atomic mass is 35.5. The van der Waals surface area contributed by atoms with E-state index < -0.39 is 0 Å². The molecule has 0 unspecified atom stereocenters. The zero-order chi connectivity index (χ0) is 14.0. The lowest BCUT2D eigenvalue weighted by atomic mass is 10.1. The van der Waals surface area contributed by atoms with Gasteiger partial charge in [0.05, 0.1) is 0 Å². The number of carbonyl (C=O) groups is 2. The molecule has 0 radical (unpaired) electrons. The molecule has 1 aromatic rings. The van der Waals surface area contributed by atoms with Crippen molar-refractivity contribution in [2.75, 3.05) is 0 Å². The smallest absolute Gasteiger partial charge is 0.226 e.